The Morgan fingerprint density at radius 3 is 2.76 bits per heavy atom. The van der Waals surface area contributed by atoms with Gasteiger partial charge in [-0.3, -0.25) is 0 Å². The number of benzene rings is 1. The van der Waals surface area contributed by atoms with E-state index in [9.17, 15) is 13.2 Å². The number of fused-ring (bicyclic) bond motifs is 1. The van der Waals surface area contributed by atoms with Crippen LogP contribution in [-0.4, -0.2) is 12.3 Å². The minimum Gasteiger partial charge on any atom is -0.351 e. The first-order valence-corrected chi connectivity index (χ1v) is 7.33. The zero-order valence-electron chi connectivity index (χ0n) is 11.2. The van der Waals surface area contributed by atoms with Crippen molar-refractivity contribution in [2.75, 3.05) is 0 Å². The number of nitrogens with one attached hydrogen (secondary N) is 1. The quantitative estimate of drug-likeness (QED) is 0.752. The highest BCUT2D eigenvalue weighted by atomic mass is 79.9. The van der Waals surface area contributed by atoms with E-state index < -0.39 is 17.3 Å². The summed E-state index contributed by atoms with van der Waals surface area (Å²) in [5, 5.41) is 2.56. The molecule has 1 fully saturated rings. The second kappa shape index (κ2) is 4.77. The smallest absolute Gasteiger partial charge is 0.283 e. The molecule has 110 valence electrons. The molecular formula is C15H12BrF3N2. The van der Waals surface area contributed by atoms with Crippen molar-refractivity contribution in [2.24, 2.45) is 10.9 Å². The van der Waals surface area contributed by atoms with Gasteiger partial charge in [-0.15, -0.1) is 0 Å². The van der Waals surface area contributed by atoms with Crippen LogP contribution in [0.5, 0.6) is 0 Å². The van der Waals surface area contributed by atoms with Gasteiger partial charge in [0.25, 0.3) is 5.92 Å². The molecule has 0 spiro atoms. The summed E-state index contributed by atoms with van der Waals surface area (Å²) in [7, 11) is 0. The zero-order valence-corrected chi connectivity index (χ0v) is 12.8. The van der Waals surface area contributed by atoms with Crippen LogP contribution < -0.4 is 5.32 Å². The summed E-state index contributed by atoms with van der Waals surface area (Å²) in [6, 6.07) is 2.46. The molecule has 1 aliphatic heterocycles. The van der Waals surface area contributed by atoms with Gasteiger partial charge in [-0.05, 0) is 40.9 Å². The zero-order chi connectivity index (χ0) is 15.3. The minimum atomic E-state index is -3.20. The first-order valence-electron chi connectivity index (χ1n) is 6.54. The Hall–Kier alpha value is -1.48. The van der Waals surface area contributed by atoms with Crippen LogP contribution in [0.2, 0.25) is 0 Å². The van der Waals surface area contributed by atoms with Gasteiger partial charge in [-0.2, -0.15) is 0 Å². The van der Waals surface area contributed by atoms with Crippen LogP contribution in [0, 0.1) is 23.6 Å². The van der Waals surface area contributed by atoms with Gasteiger partial charge in [0.15, 0.2) is 5.54 Å². The number of alkyl halides is 2. The largest absolute Gasteiger partial charge is 0.351 e. The Bertz CT molecular complexity index is 681. The molecule has 1 aliphatic carbocycles. The lowest BCUT2D eigenvalue weighted by Crippen LogP contribution is -2.54. The number of halogens is 4. The Morgan fingerprint density at radius 1 is 1.43 bits per heavy atom. The SMILES string of the molecule is CC(F)(F)C1(C#CC2CC2)NC=Nc2cc(Br)c(F)cc21. The minimum absolute atomic E-state index is 0.0614. The summed E-state index contributed by atoms with van der Waals surface area (Å²) in [4.78, 5) is 4.01. The van der Waals surface area contributed by atoms with Gasteiger partial charge in [0, 0.05) is 18.4 Å². The van der Waals surface area contributed by atoms with Crippen molar-refractivity contribution < 1.29 is 13.2 Å². The highest BCUT2D eigenvalue weighted by Gasteiger charge is 2.53. The molecule has 0 saturated heterocycles. The molecule has 2 nitrogen and oxygen atoms in total. The summed E-state index contributed by atoms with van der Waals surface area (Å²) in [5.41, 5.74) is -1.60. The predicted octanol–water partition coefficient (Wildman–Crippen LogP) is 4.12. The Balaban J connectivity index is 2.21. The summed E-state index contributed by atoms with van der Waals surface area (Å²) >= 11 is 3.04. The second-order valence-corrected chi connectivity index (χ2v) is 6.22. The van der Waals surface area contributed by atoms with E-state index >= 15 is 0 Å². The van der Waals surface area contributed by atoms with Crippen LogP contribution in [0.1, 0.15) is 25.3 Å². The predicted molar refractivity (Wildman–Crippen MR) is 78.2 cm³/mol. The molecule has 0 aromatic heterocycles. The van der Waals surface area contributed by atoms with Gasteiger partial charge >= 0.3 is 0 Å². The van der Waals surface area contributed by atoms with E-state index in [0.717, 1.165) is 25.8 Å². The van der Waals surface area contributed by atoms with Crippen LogP contribution in [0.4, 0.5) is 18.9 Å². The molecule has 1 aromatic carbocycles. The fraction of sp³-hybridized carbons (Fsp3) is 0.400. The van der Waals surface area contributed by atoms with E-state index in [2.05, 4.69) is 38.1 Å². The Morgan fingerprint density at radius 2 is 2.14 bits per heavy atom. The van der Waals surface area contributed by atoms with E-state index in [1.54, 1.807) is 0 Å². The summed E-state index contributed by atoms with van der Waals surface area (Å²) in [6.45, 7) is 0.782. The van der Waals surface area contributed by atoms with Crippen LogP contribution >= 0.6 is 15.9 Å². The van der Waals surface area contributed by atoms with Crippen LogP contribution in [-0.2, 0) is 5.54 Å². The van der Waals surface area contributed by atoms with Crippen LogP contribution in [0.25, 0.3) is 0 Å². The van der Waals surface area contributed by atoms with Gasteiger partial charge in [-0.1, -0.05) is 11.8 Å². The Labute approximate surface area is 129 Å². The summed E-state index contributed by atoms with van der Waals surface area (Å²) in [6.07, 6.45) is 3.05. The third-order valence-electron chi connectivity index (χ3n) is 3.63. The molecule has 0 radical (unpaired) electrons. The normalized spacial score (nSPS) is 23.9. The van der Waals surface area contributed by atoms with Crippen molar-refractivity contribution in [1.82, 2.24) is 5.32 Å². The maximum absolute atomic E-state index is 14.3. The van der Waals surface area contributed by atoms with E-state index in [4.69, 9.17) is 0 Å². The van der Waals surface area contributed by atoms with Crippen molar-refractivity contribution in [2.45, 2.75) is 31.2 Å². The molecule has 6 heteroatoms. The molecule has 1 saturated carbocycles. The van der Waals surface area contributed by atoms with Crippen molar-refractivity contribution >= 4 is 28.0 Å². The van der Waals surface area contributed by atoms with E-state index in [1.165, 1.54) is 12.4 Å². The van der Waals surface area contributed by atoms with Gasteiger partial charge in [0.1, 0.15) is 5.82 Å². The number of hydrogen-bond acceptors (Lipinski definition) is 2. The molecule has 1 N–H and O–H groups in total. The van der Waals surface area contributed by atoms with Gasteiger partial charge in [0.05, 0.1) is 16.5 Å². The second-order valence-electron chi connectivity index (χ2n) is 5.37. The number of nitrogens with zero attached hydrogens (tertiary/aromatic N) is 1. The number of hydrogen-bond donors (Lipinski definition) is 1. The topological polar surface area (TPSA) is 24.4 Å². The highest BCUT2D eigenvalue weighted by molar-refractivity contribution is 9.10. The lowest BCUT2D eigenvalue weighted by molar-refractivity contribution is -0.0436. The van der Waals surface area contributed by atoms with Gasteiger partial charge < -0.3 is 5.32 Å². The maximum Gasteiger partial charge on any atom is 0.283 e. The monoisotopic (exact) mass is 356 g/mol. The lowest BCUT2D eigenvalue weighted by Gasteiger charge is -2.37. The third-order valence-corrected chi connectivity index (χ3v) is 4.23. The van der Waals surface area contributed by atoms with Crippen LogP contribution in [0.3, 0.4) is 0 Å². The third kappa shape index (κ3) is 2.44. The molecule has 3 rings (SSSR count). The molecule has 1 unspecified atom stereocenters. The van der Waals surface area contributed by atoms with E-state index in [0.29, 0.717) is 0 Å². The molecule has 1 aromatic rings. The number of rotatable bonds is 1. The van der Waals surface area contributed by atoms with Gasteiger partial charge in [0.2, 0.25) is 0 Å². The summed E-state index contributed by atoms with van der Waals surface area (Å²) in [5.74, 6) is 1.86. The van der Waals surface area contributed by atoms with E-state index in [1.807, 2.05) is 0 Å². The molecule has 0 bridgehead atoms. The molecule has 21 heavy (non-hydrogen) atoms. The molecule has 2 aliphatic rings. The molecular weight excluding hydrogens is 345 g/mol. The van der Waals surface area contributed by atoms with Crippen LogP contribution in [0.15, 0.2) is 21.6 Å². The first kappa shape index (κ1) is 14.5. The maximum atomic E-state index is 14.3. The van der Waals surface area contributed by atoms with Crippen molar-refractivity contribution in [3.05, 3.63) is 28.0 Å². The average molecular weight is 357 g/mol. The van der Waals surface area contributed by atoms with Gasteiger partial charge in [-0.25, -0.2) is 18.2 Å². The molecule has 1 atom stereocenters. The average Bonchev–Trinajstić information content (AvgIpc) is 3.20. The first-order chi connectivity index (χ1) is 9.83. The Kier molecular flexibility index (Phi) is 3.28. The molecule has 1 heterocycles. The fourth-order valence-electron chi connectivity index (χ4n) is 2.23. The van der Waals surface area contributed by atoms with Crippen molar-refractivity contribution in [3.8, 4) is 11.8 Å². The lowest BCUT2D eigenvalue weighted by atomic mass is 9.82. The highest BCUT2D eigenvalue weighted by Crippen LogP contribution is 2.44. The van der Waals surface area contributed by atoms with E-state index in [-0.39, 0.29) is 21.6 Å². The van der Waals surface area contributed by atoms with Crippen molar-refractivity contribution in [1.29, 1.82) is 0 Å². The number of aliphatic imine (C=N–C) groups is 1. The van der Waals surface area contributed by atoms with Crippen molar-refractivity contribution in [3.63, 3.8) is 0 Å². The standard InChI is InChI=1S/C15H12BrF3N2/c1-14(18,19)15(5-4-9-2-3-9)10-6-12(17)11(16)7-13(10)20-8-21-15/h6-9H,2-3H2,1H3,(H,20,21). The summed E-state index contributed by atoms with van der Waals surface area (Å²) < 4.78 is 42.6. The fourth-order valence-corrected chi connectivity index (χ4v) is 2.57. The molecule has 0 amide bonds.